The molecular weight excluding hydrogens is 324 g/mol. The Morgan fingerprint density at radius 2 is 1.71 bits per heavy atom. The first-order valence-electron chi connectivity index (χ1n) is 8.88. The van der Waals surface area contributed by atoms with E-state index in [0.29, 0.717) is 24.7 Å². The second-order valence-electron chi connectivity index (χ2n) is 6.67. The minimum atomic E-state index is -3.39. The molecule has 3 rings (SSSR count). The van der Waals surface area contributed by atoms with Crippen molar-refractivity contribution in [2.45, 2.75) is 43.5 Å². The highest BCUT2D eigenvalue weighted by molar-refractivity contribution is 7.91. The van der Waals surface area contributed by atoms with Crippen LogP contribution in [0.2, 0.25) is 0 Å². The summed E-state index contributed by atoms with van der Waals surface area (Å²) in [5.41, 5.74) is 0.318. The van der Waals surface area contributed by atoms with Crippen LogP contribution in [0.15, 0.2) is 29.2 Å². The number of likely N-dealkylation sites (tertiary alicyclic amines) is 2. The molecule has 0 aliphatic carbocycles. The summed E-state index contributed by atoms with van der Waals surface area (Å²) in [5, 5.41) is 0. The van der Waals surface area contributed by atoms with Gasteiger partial charge >= 0.3 is 0 Å². The molecule has 1 aromatic carbocycles. The van der Waals surface area contributed by atoms with Crippen molar-refractivity contribution in [2.24, 2.45) is 0 Å². The van der Waals surface area contributed by atoms with Crippen LogP contribution in [0.1, 0.15) is 43.0 Å². The second-order valence-corrected chi connectivity index (χ2v) is 8.91. The standard InChI is InChI=1S/C18H26N2O3S/c1-2-24(22,23)17-8-4-3-7-16(17)18(21)20-13-9-15(10-14-20)19-11-5-6-12-19/h3-4,7-8,15H,2,5-6,9-14H2,1H3. The van der Waals surface area contributed by atoms with Crippen molar-refractivity contribution in [3.63, 3.8) is 0 Å². The molecule has 2 saturated heterocycles. The number of benzene rings is 1. The monoisotopic (exact) mass is 350 g/mol. The Labute approximate surface area is 144 Å². The van der Waals surface area contributed by atoms with E-state index >= 15 is 0 Å². The van der Waals surface area contributed by atoms with Crippen LogP contribution < -0.4 is 0 Å². The lowest BCUT2D eigenvalue weighted by atomic mass is 10.0. The van der Waals surface area contributed by atoms with Gasteiger partial charge in [0.1, 0.15) is 0 Å². The molecule has 2 aliphatic rings. The molecular formula is C18H26N2O3S. The van der Waals surface area contributed by atoms with Gasteiger partial charge in [-0.05, 0) is 50.9 Å². The quantitative estimate of drug-likeness (QED) is 0.835. The topological polar surface area (TPSA) is 57.7 Å². The smallest absolute Gasteiger partial charge is 0.255 e. The fourth-order valence-corrected chi connectivity index (χ4v) is 4.87. The van der Waals surface area contributed by atoms with Gasteiger partial charge in [0, 0.05) is 19.1 Å². The van der Waals surface area contributed by atoms with Crippen LogP contribution in [0.25, 0.3) is 0 Å². The van der Waals surface area contributed by atoms with Crippen molar-refractivity contribution in [3.8, 4) is 0 Å². The van der Waals surface area contributed by atoms with Crippen LogP contribution >= 0.6 is 0 Å². The normalized spacial score (nSPS) is 20.5. The van der Waals surface area contributed by atoms with Gasteiger partial charge in [0.2, 0.25) is 0 Å². The highest BCUT2D eigenvalue weighted by Gasteiger charge is 2.30. The summed E-state index contributed by atoms with van der Waals surface area (Å²) >= 11 is 0. The van der Waals surface area contributed by atoms with Crippen LogP contribution in [-0.4, -0.2) is 62.1 Å². The lowest BCUT2D eigenvalue weighted by Crippen LogP contribution is -2.46. The second kappa shape index (κ2) is 7.23. The Balaban J connectivity index is 1.72. The van der Waals surface area contributed by atoms with E-state index in [9.17, 15) is 13.2 Å². The Morgan fingerprint density at radius 3 is 2.33 bits per heavy atom. The van der Waals surface area contributed by atoms with Crippen LogP contribution in [0.4, 0.5) is 0 Å². The van der Waals surface area contributed by atoms with Crippen molar-refractivity contribution in [2.75, 3.05) is 31.9 Å². The molecule has 2 heterocycles. The summed E-state index contributed by atoms with van der Waals surface area (Å²) in [6, 6.07) is 7.17. The molecule has 2 aliphatic heterocycles. The Kier molecular flexibility index (Phi) is 5.25. The van der Waals surface area contributed by atoms with Crippen molar-refractivity contribution in [3.05, 3.63) is 29.8 Å². The lowest BCUT2D eigenvalue weighted by Gasteiger charge is -2.36. The van der Waals surface area contributed by atoms with Crippen LogP contribution in [-0.2, 0) is 9.84 Å². The molecule has 6 heteroatoms. The number of carbonyl (C=O) groups excluding carboxylic acids is 1. The fraction of sp³-hybridized carbons (Fsp3) is 0.611. The summed E-state index contributed by atoms with van der Waals surface area (Å²) in [6.45, 7) is 5.38. The van der Waals surface area contributed by atoms with Gasteiger partial charge in [0.25, 0.3) is 5.91 Å². The lowest BCUT2D eigenvalue weighted by molar-refractivity contribution is 0.0641. The zero-order valence-corrected chi connectivity index (χ0v) is 15.1. The third-order valence-electron chi connectivity index (χ3n) is 5.24. The van der Waals surface area contributed by atoms with Crippen LogP contribution in [0, 0.1) is 0 Å². The number of hydrogen-bond acceptors (Lipinski definition) is 4. The van der Waals surface area contributed by atoms with Gasteiger partial charge in [-0.15, -0.1) is 0 Å². The molecule has 0 atom stereocenters. The molecule has 0 spiro atoms. The van der Waals surface area contributed by atoms with E-state index in [2.05, 4.69) is 4.90 Å². The molecule has 0 N–H and O–H groups in total. The summed E-state index contributed by atoms with van der Waals surface area (Å²) in [5.74, 6) is -0.142. The number of sulfone groups is 1. The third kappa shape index (κ3) is 3.49. The average molecular weight is 350 g/mol. The molecule has 0 saturated carbocycles. The Hall–Kier alpha value is -1.40. The van der Waals surface area contributed by atoms with E-state index in [1.165, 1.54) is 25.9 Å². The number of nitrogens with zero attached hydrogens (tertiary/aromatic N) is 2. The molecule has 24 heavy (non-hydrogen) atoms. The first-order valence-corrected chi connectivity index (χ1v) is 10.5. The van der Waals surface area contributed by atoms with E-state index in [1.807, 2.05) is 4.90 Å². The molecule has 0 aromatic heterocycles. The fourth-order valence-electron chi connectivity index (χ4n) is 3.78. The van der Waals surface area contributed by atoms with E-state index in [-0.39, 0.29) is 16.6 Å². The number of piperidine rings is 1. The van der Waals surface area contributed by atoms with E-state index < -0.39 is 9.84 Å². The maximum atomic E-state index is 12.9. The van der Waals surface area contributed by atoms with Gasteiger partial charge < -0.3 is 9.80 Å². The van der Waals surface area contributed by atoms with Gasteiger partial charge in [0.05, 0.1) is 16.2 Å². The molecule has 132 valence electrons. The minimum Gasteiger partial charge on any atom is -0.338 e. The summed E-state index contributed by atoms with van der Waals surface area (Å²) in [7, 11) is -3.39. The van der Waals surface area contributed by atoms with Gasteiger partial charge in [-0.2, -0.15) is 0 Å². The highest BCUT2D eigenvalue weighted by Crippen LogP contribution is 2.24. The maximum absolute atomic E-state index is 12.9. The van der Waals surface area contributed by atoms with Crippen LogP contribution in [0.5, 0.6) is 0 Å². The number of rotatable bonds is 4. The SMILES string of the molecule is CCS(=O)(=O)c1ccccc1C(=O)N1CCC(N2CCCC2)CC1. The molecule has 0 bridgehead atoms. The molecule has 1 amide bonds. The molecule has 0 unspecified atom stereocenters. The van der Waals surface area contributed by atoms with Crippen molar-refractivity contribution < 1.29 is 13.2 Å². The maximum Gasteiger partial charge on any atom is 0.255 e. The average Bonchev–Trinajstić information content (AvgIpc) is 3.16. The number of amides is 1. The predicted octanol–water partition coefficient (Wildman–Crippen LogP) is 2.18. The summed E-state index contributed by atoms with van der Waals surface area (Å²) in [6.07, 6.45) is 4.52. The minimum absolute atomic E-state index is 0.00826. The van der Waals surface area contributed by atoms with Gasteiger partial charge in [-0.3, -0.25) is 4.79 Å². The van der Waals surface area contributed by atoms with Gasteiger partial charge in [-0.1, -0.05) is 19.1 Å². The van der Waals surface area contributed by atoms with Crippen molar-refractivity contribution in [1.82, 2.24) is 9.80 Å². The van der Waals surface area contributed by atoms with E-state index in [4.69, 9.17) is 0 Å². The van der Waals surface area contributed by atoms with E-state index in [0.717, 1.165) is 12.8 Å². The number of carbonyl (C=O) groups is 1. The Bertz CT molecular complexity index is 688. The zero-order chi connectivity index (χ0) is 17.2. The van der Waals surface area contributed by atoms with Crippen LogP contribution in [0.3, 0.4) is 0 Å². The molecule has 2 fully saturated rings. The molecule has 0 radical (unpaired) electrons. The molecule has 5 nitrogen and oxygen atoms in total. The first kappa shape index (κ1) is 17.4. The van der Waals surface area contributed by atoms with Crippen molar-refractivity contribution >= 4 is 15.7 Å². The first-order chi connectivity index (χ1) is 11.5. The molecule has 1 aromatic rings. The van der Waals surface area contributed by atoms with Gasteiger partial charge in [-0.25, -0.2) is 8.42 Å². The summed E-state index contributed by atoms with van der Waals surface area (Å²) in [4.78, 5) is 17.4. The third-order valence-corrected chi connectivity index (χ3v) is 7.03. The van der Waals surface area contributed by atoms with Crippen molar-refractivity contribution in [1.29, 1.82) is 0 Å². The summed E-state index contributed by atoms with van der Waals surface area (Å²) < 4.78 is 24.5. The Morgan fingerprint density at radius 1 is 1.08 bits per heavy atom. The predicted molar refractivity (Wildman–Crippen MR) is 93.9 cm³/mol. The van der Waals surface area contributed by atoms with E-state index in [1.54, 1.807) is 31.2 Å². The largest absolute Gasteiger partial charge is 0.338 e. The van der Waals surface area contributed by atoms with Gasteiger partial charge in [0.15, 0.2) is 9.84 Å². The highest BCUT2D eigenvalue weighted by atomic mass is 32.2. The number of hydrogen-bond donors (Lipinski definition) is 0. The zero-order valence-electron chi connectivity index (χ0n) is 14.3.